The molecule has 0 bridgehead atoms. The summed E-state index contributed by atoms with van der Waals surface area (Å²) < 4.78 is 48.0. The number of carbonyl (C=O) groups is 1. The van der Waals surface area contributed by atoms with Crippen molar-refractivity contribution in [2.45, 2.75) is 38.8 Å². The third kappa shape index (κ3) is 3.34. The minimum Gasteiger partial charge on any atom is -0.348 e. The van der Waals surface area contributed by atoms with Crippen molar-refractivity contribution in [3.8, 4) is 0 Å². The van der Waals surface area contributed by atoms with Gasteiger partial charge in [0.15, 0.2) is 19.7 Å². The van der Waals surface area contributed by atoms with E-state index in [0.29, 0.717) is 29.8 Å². The van der Waals surface area contributed by atoms with Crippen molar-refractivity contribution >= 4 is 25.6 Å². The van der Waals surface area contributed by atoms with Crippen molar-refractivity contribution in [3.63, 3.8) is 0 Å². The average molecular weight is 375 g/mol. The van der Waals surface area contributed by atoms with Gasteiger partial charge in [0.25, 0.3) is 5.91 Å². The molecule has 0 aliphatic carbocycles. The Morgan fingerprint density at radius 1 is 1.08 bits per heavy atom. The molecule has 10 heteroatoms. The Morgan fingerprint density at radius 2 is 1.71 bits per heavy atom. The van der Waals surface area contributed by atoms with Gasteiger partial charge in [0.2, 0.25) is 0 Å². The van der Waals surface area contributed by atoms with Crippen LogP contribution in [0.25, 0.3) is 0 Å². The first-order valence-corrected chi connectivity index (χ1v) is 11.5. The third-order valence-electron chi connectivity index (χ3n) is 4.67. The zero-order valence-corrected chi connectivity index (χ0v) is 15.3. The Labute approximate surface area is 141 Å². The van der Waals surface area contributed by atoms with Gasteiger partial charge >= 0.3 is 0 Å². The summed E-state index contributed by atoms with van der Waals surface area (Å²) in [6.07, 6.45) is 0.910. The quantitative estimate of drug-likeness (QED) is 0.781. The van der Waals surface area contributed by atoms with Crippen LogP contribution < -0.4 is 5.32 Å². The van der Waals surface area contributed by atoms with E-state index in [4.69, 9.17) is 0 Å². The van der Waals surface area contributed by atoms with E-state index in [2.05, 4.69) is 10.4 Å². The highest BCUT2D eigenvalue weighted by Crippen LogP contribution is 2.27. The van der Waals surface area contributed by atoms with Crippen LogP contribution in [-0.2, 0) is 19.7 Å². The van der Waals surface area contributed by atoms with Gasteiger partial charge in [-0.3, -0.25) is 9.48 Å². The maximum Gasteiger partial charge on any atom is 0.255 e. The van der Waals surface area contributed by atoms with Gasteiger partial charge in [-0.15, -0.1) is 0 Å². The fourth-order valence-corrected chi connectivity index (χ4v) is 6.85. The van der Waals surface area contributed by atoms with Crippen LogP contribution in [0.4, 0.5) is 0 Å². The number of hydrogen-bond donors (Lipinski definition) is 1. The topological polar surface area (TPSA) is 115 Å². The van der Waals surface area contributed by atoms with Crippen LogP contribution in [0.3, 0.4) is 0 Å². The van der Waals surface area contributed by atoms with Crippen LogP contribution in [0.1, 0.15) is 40.6 Å². The highest BCUT2D eigenvalue weighted by Gasteiger charge is 2.34. The Bertz CT molecular complexity index is 886. The minimum absolute atomic E-state index is 0.0359. The first-order chi connectivity index (χ1) is 11.1. The molecule has 0 spiro atoms. The molecule has 2 aliphatic rings. The number of aryl methyl sites for hydroxylation is 1. The fourth-order valence-electron chi connectivity index (χ4n) is 3.48. The SMILES string of the molecule is Cc1nn([C@H]2CCS(=O)(=O)C2)c(C)c1C(=O)N[C@H]1CCS(=O)(=O)C1. The fraction of sp³-hybridized carbons (Fsp3) is 0.714. The molecule has 134 valence electrons. The van der Waals surface area contributed by atoms with Crippen molar-refractivity contribution in [2.75, 3.05) is 23.0 Å². The summed E-state index contributed by atoms with van der Waals surface area (Å²) in [4.78, 5) is 12.5. The molecule has 0 aromatic carbocycles. The molecular weight excluding hydrogens is 354 g/mol. The molecule has 3 heterocycles. The molecule has 0 saturated carbocycles. The Kier molecular flexibility index (Phi) is 4.23. The Morgan fingerprint density at radius 3 is 2.25 bits per heavy atom. The van der Waals surface area contributed by atoms with Gasteiger partial charge in [0.05, 0.1) is 40.3 Å². The highest BCUT2D eigenvalue weighted by atomic mass is 32.2. The molecule has 1 amide bonds. The number of carbonyl (C=O) groups excluding carboxylic acids is 1. The van der Waals surface area contributed by atoms with Crippen LogP contribution in [0, 0.1) is 13.8 Å². The lowest BCUT2D eigenvalue weighted by Gasteiger charge is -2.13. The summed E-state index contributed by atoms with van der Waals surface area (Å²) in [7, 11) is -6.11. The maximum atomic E-state index is 12.5. The number of amides is 1. The number of sulfone groups is 2. The highest BCUT2D eigenvalue weighted by molar-refractivity contribution is 7.91. The van der Waals surface area contributed by atoms with Crippen molar-refractivity contribution < 1.29 is 21.6 Å². The molecule has 1 aromatic heterocycles. The molecule has 2 aliphatic heterocycles. The van der Waals surface area contributed by atoms with Crippen molar-refractivity contribution in [1.82, 2.24) is 15.1 Å². The molecule has 2 atom stereocenters. The average Bonchev–Trinajstić information content (AvgIpc) is 3.06. The second kappa shape index (κ2) is 5.83. The predicted molar refractivity (Wildman–Crippen MR) is 88.5 cm³/mol. The third-order valence-corrected chi connectivity index (χ3v) is 8.19. The van der Waals surface area contributed by atoms with Crippen molar-refractivity contribution in [3.05, 3.63) is 17.0 Å². The summed E-state index contributed by atoms with van der Waals surface area (Å²) in [5.74, 6) is -0.116. The van der Waals surface area contributed by atoms with E-state index in [9.17, 15) is 21.6 Å². The standard InChI is InChI=1S/C14H21N3O5S2/c1-9-13(14(18)15-11-3-5-23(19,20)7-11)10(2)17(16-9)12-4-6-24(21,22)8-12/h11-12H,3-8H2,1-2H3,(H,15,18)/t11-,12-/m0/s1. The number of hydrogen-bond acceptors (Lipinski definition) is 6. The van der Waals surface area contributed by atoms with Gasteiger partial charge in [0.1, 0.15) is 0 Å². The molecular formula is C14H21N3O5S2. The van der Waals surface area contributed by atoms with Crippen LogP contribution >= 0.6 is 0 Å². The van der Waals surface area contributed by atoms with E-state index in [1.807, 2.05) is 0 Å². The molecule has 2 saturated heterocycles. The first-order valence-electron chi connectivity index (χ1n) is 7.85. The number of aromatic nitrogens is 2. The summed E-state index contributed by atoms with van der Waals surface area (Å²) in [5, 5.41) is 7.12. The lowest BCUT2D eigenvalue weighted by Crippen LogP contribution is -2.36. The number of nitrogens with zero attached hydrogens (tertiary/aromatic N) is 2. The zero-order chi connectivity index (χ0) is 17.7. The first kappa shape index (κ1) is 17.4. The second-order valence-corrected chi connectivity index (χ2v) is 11.1. The van der Waals surface area contributed by atoms with Gasteiger partial charge in [-0.25, -0.2) is 16.8 Å². The van der Waals surface area contributed by atoms with Crippen molar-refractivity contribution in [1.29, 1.82) is 0 Å². The van der Waals surface area contributed by atoms with E-state index >= 15 is 0 Å². The van der Waals surface area contributed by atoms with Crippen LogP contribution in [0.5, 0.6) is 0 Å². The Balaban J connectivity index is 1.80. The molecule has 0 unspecified atom stereocenters. The molecule has 1 aromatic rings. The van der Waals surface area contributed by atoms with Crippen LogP contribution in [0.2, 0.25) is 0 Å². The monoisotopic (exact) mass is 375 g/mol. The largest absolute Gasteiger partial charge is 0.348 e. The molecule has 1 N–H and O–H groups in total. The lowest BCUT2D eigenvalue weighted by molar-refractivity contribution is 0.0939. The van der Waals surface area contributed by atoms with Gasteiger partial charge in [-0.2, -0.15) is 5.10 Å². The predicted octanol–water partition coefficient (Wildman–Crippen LogP) is -0.224. The van der Waals surface area contributed by atoms with E-state index in [1.165, 1.54) is 0 Å². The molecule has 2 fully saturated rings. The molecule has 8 nitrogen and oxygen atoms in total. The normalized spacial score (nSPS) is 28.1. The summed E-state index contributed by atoms with van der Waals surface area (Å²) in [6.45, 7) is 3.44. The molecule has 24 heavy (non-hydrogen) atoms. The van der Waals surface area contributed by atoms with Gasteiger partial charge in [0, 0.05) is 11.7 Å². The number of nitrogens with one attached hydrogen (secondary N) is 1. The minimum atomic E-state index is -3.07. The van der Waals surface area contributed by atoms with Gasteiger partial charge in [-0.1, -0.05) is 0 Å². The van der Waals surface area contributed by atoms with E-state index in [1.54, 1.807) is 18.5 Å². The van der Waals surface area contributed by atoms with E-state index in [-0.39, 0.29) is 41.0 Å². The van der Waals surface area contributed by atoms with E-state index in [0.717, 1.165) is 0 Å². The maximum absolute atomic E-state index is 12.5. The summed E-state index contributed by atoms with van der Waals surface area (Å²) in [5.41, 5.74) is 1.55. The van der Waals surface area contributed by atoms with Crippen LogP contribution in [0.15, 0.2) is 0 Å². The smallest absolute Gasteiger partial charge is 0.255 e. The van der Waals surface area contributed by atoms with Crippen molar-refractivity contribution in [2.24, 2.45) is 0 Å². The Hall–Kier alpha value is -1.42. The summed E-state index contributed by atoms with van der Waals surface area (Å²) in [6, 6.07) is -0.626. The van der Waals surface area contributed by atoms with E-state index < -0.39 is 19.7 Å². The summed E-state index contributed by atoms with van der Waals surface area (Å²) >= 11 is 0. The molecule has 3 rings (SSSR count). The zero-order valence-electron chi connectivity index (χ0n) is 13.6. The van der Waals surface area contributed by atoms with Crippen LogP contribution in [-0.4, -0.2) is 61.6 Å². The second-order valence-electron chi connectivity index (χ2n) is 6.62. The number of rotatable bonds is 3. The van der Waals surface area contributed by atoms with Gasteiger partial charge in [-0.05, 0) is 26.7 Å². The lowest BCUT2D eigenvalue weighted by atomic mass is 10.1. The van der Waals surface area contributed by atoms with Gasteiger partial charge < -0.3 is 5.32 Å². The molecule has 0 radical (unpaired) electrons.